The highest BCUT2D eigenvalue weighted by Crippen LogP contribution is 2.45. The molecule has 134 valence electrons. The number of hydrogen-bond acceptors (Lipinski definition) is 4. The van der Waals surface area contributed by atoms with E-state index in [2.05, 4.69) is 28.4 Å². The summed E-state index contributed by atoms with van der Waals surface area (Å²) in [5, 5.41) is 3.07. The first kappa shape index (κ1) is 15.7. The average Bonchev–Trinajstić information content (AvgIpc) is 2.95. The van der Waals surface area contributed by atoms with E-state index in [9.17, 15) is 4.79 Å². The van der Waals surface area contributed by atoms with Gasteiger partial charge in [-0.1, -0.05) is 24.3 Å². The number of ether oxygens (including phenoxy) is 2. The van der Waals surface area contributed by atoms with Crippen molar-refractivity contribution in [2.45, 2.75) is 24.8 Å². The number of hydrogen-bond donors (Lipinski definition) is 1. The molecule has 0 aliphatic carbocycles. The van der Waals surface area contributed by atoms with Gasteiger partial charge in [-0.3, -0.25) is 9.69 Å². The van der Waals surface area contributed by atoms with Gasteiger partial charge in [-0.05, 0) is 55.3 Å². The predicted octanol–water partition coefficient (Wildman–Crippen LogP) is 2.94. The highest BCUT2D eigenvalue weighted by atomic mass is 16.6. The zero-order chi connectivity index (χ0) is 17.6. The van der Waals surface area contributed by atoms with Crippen molar-refractivity contribution in [1.82, 2.24) is 4.90 Å². The molecule has 3 heterocycles. The second-order valence-electron chi connectivity index (χ2n) is 7.34. The van der Waals surface area contributed by atoms with Crippen LogP contribution in [0.15, 0.2) is 42.5 Å². The normalized spacial score (nSPS) is 20.7. The molecule has 1 amide bonds. The van der Waals surface area contributed by atoms with E-state index in [1.165, 1.54) is 11.1 Å². The number of carbonyl (C=O) groups excluding carboxylic acids is 1. The summed E-state index contributed by atoms with van der Waals surface area (Å²) in [5.74, 6) is 1.83. The van der Waals surface area contributed by atoms with Gasteiger partial charge in [0.05, 0.1) is 5.41 Å². The summed E-state index contributed by atoms with van der Waals surface area (Å²) in [6.45, 7) is 3.92. The van der Waals surface area contributed by atoms with Crippen LogP contribution in [0.3, 0.4) is 0 Å². The second kappa shape index (κ2) is 6.02. The molecule has 1 saturated heterocycles. The Labute approximate surface area is 152 Å². The molecular formula is C21H22N2O3. The van der Waals surface area contributed by atoms with Crippen LogP contribution in [0.2, 0.25) is 0 Å². The van der Waals surface area contributed by atoms with Crippen LogP contribution in [0.4, 0.5) is 5.69 Å². The number of nitrogens with one attached hydrogen (secondary N) is 1. The number of likely N-dealkylation sites (tertiary alicyclic amines) is 1. The summed E-state index contributed by atoms with van der Waals surface area (Å²) in [5.41, 5.74) is 3.03. The van der Waals surface area contributed by atoms with Crippen molar-refractivity contribution in [3.63, 3.8) is 0 Å². The lowest BCUT2D eigenvalue weighted by Crippen LogP contribution is -2.46. The zero-order valence-corrected chi connectivity index (χ0v) is 14.7. The quantitative estimate of drug-likeness (QED) is 0.905. The third kappa shape index (κ3) is 2.46. The molecule has 2 aromatic rings. The SMILES string of the molecule is O=C1Nc2ccccc2C12CCN(Cc1ccc3c(c1)OCCO3)CC2. The average molecular weight is 350 g/mol. The number of fused-ring (bicyclic) bond motifs is 3. The maximum absolute atomic E-state index is 12.7. The van der Waals surface area contributed by atoms with Crippen molar-refractivity contribution in [3.05, 3.63) is 53.6 Å². The standard InChI is InChI=1S/C21H22N2O3/c24-20-21(16-3-1-2-4-17(16)22-20)7-9-23(10-8-21)14-15-5-6-18-19(13-15)26-12-11-25-18/h1-6,13H,7-12,14H2,(H,22,24). The fraction of sp³-hybridized carbons (Fsp3) is 0.381. The van der Waals surface area contributed by atoms with Crippen molar-refractivity contribution in [1.29, 1.82) is 0 Å². The van der Waals surface area contributed by atoms with Crippen LogP contribution in [0.1, 0.15) is 24.0 Å². The molecule has 3 aliphatic rings. The molecule has 2 aromatic carbocycles. The summed E-state index contributed by atoms with van der Waals surface area (Å²) in [6, 6.07) is 14.3. The third-order valence-electron chi connectivity index (χ3n) is 5.85. The largest absolute Gasteiger partial charge is 0.486 e. The van der Waals surface area contributed by atoms with Gasteiger partial charge in [-0.15, -0.1) is 0 Å². The van der Waals surface area contributed by atoms with E-state index in [1.807, 2.05) is 24.3 Å². The Morgan fingerprint density at radius 1 is 1.00 bits per heavy atom. The fourth-order valence-electron chi connectivity index (χ4n) is 4.41. The van der Waals surface area contributed by atoms with Crippen LogP contribution < -0.4 is 14.8 Å². The number of nitrogens with zero attached hydrogens (tertiary/aromatic N) is 1. The molecule has 0 aromatic heterocycles. The molecule has 5 rings (SSSR count). The van der Waals surface area contributed by atoms with Crippen LogP contribution in [0.25, 0.3) is 0 Å². The zero-order valence-electron chi connectivity index (χ0n) is 14.7. The van der Waals surface area contributed by atoms with Gasteiger partial charge in [0, 0.05) is 12.2 Å². The predicted molar refractivity (Wildman–Crippen MR) is 98.7 cm³/mol. The van der Waals surface area contributed by atoms with E-state index in [0.717, 1.165) is 49.7 Å². The van der Waals surface area contributed by atoms with Crippen molar-refractivity contribution >= 4 is 11.6 Å². The Balaban J connectivity index is 1.30. The third-order valence-corrected chi connectivity index (χ3v) is 5.85. The monoisotopic (exact) mass is 350 g/mol. The van der Waals surface area contributed by atoms with Crippen LogP contribution in [0.5, 0.6) is 11.5 Å². The Morgan fingerprint density at radius 2 is 1.77 bits per heavy atom. The molecule has 1 fully saturated rings. The first-order valence-corrected chi connectivity index (χ1v) is 9.26. The second-order valence-corrected chi connectivity index (χ2v) is 7.34. The van der Waals surface area contributed by atoms with Gasteiger partial charge in [0.15, 0.2) is 11.5 Å². The molecule has 0 radical (unpaired) electrons. The Bertz CT molecular complexity index is 856. The molecule has 1 N–H and O–H groups in total. The minimum Gasteiger partial charge on any atom is -0.486 e. The number of rotatable bonds is 2. The number of carbonyl (C=O) groups is 1. The van der Waals surface area contributed by atoms with Gasteiger partial charge in [-0.25, -0.2) is 0 Å². The summed E-state index contributed by atoms with van der Waals surface area (Å²) >= 11 is 0. The number of benzene rings is 2. The first-order chi connectivity index (χ1) is 12.7. The summed E-state index contributed by atoms with van der Waals surface area (Å²) in [6.07, 6.45) is 1.72. The van der Waals surface area contributed by atoms with E-state index in [4.69, 9.17) is 9.47 Å². The number of anilines is 1. The van der Waals surface area contributed by atoms with Crippen LogP contribution in [0, 0.1) is 0 Å². The van der Waals surface area contributed by atoms with Crippen molar-refractivity contribution in [2.75, 3.05) is 31.6 Å². The van der Waals surface area contributed by atoms with Crippen LogP contribution in [-0.2, 0) is 16.8 Å². The molecule has 3 aliphatic heterocycles. The lowest BCUT2D eigenvalue weighted by Gasteiger charge is -2.38. The van der Waals surface area contributed by atoms with Crippen molar-refractivity contribution < 1.29 is 14.3 Å². The first-order valence-electron chi connectivity index (χ1n) is 9.26. The summed E-state index contributed by atoms with van der Waals surface area (Å²) in [4.78, 5) is 15.1. The Hall–Kier alpha value is -2.53. The molecule has 26 heavy (non-hydrogen) atoms. The smallest absolute Gasteiger partial charge is 0.235 e. The topological polar surface area (TPSA) is 50.8 Å². The van der Waals surface area contributed by atoms with Crippen LogP contribution in [-0.4, -0.2) is 37.1 Å². The lowest BCUT2D eigenvalue weighted by atomic mass is 9.73. The minimum absolute atomic E-state index is 0.165. The van der Waals surface area contributed by atoms with E-state index in [1.54, 1.807) is 0 Å². The van der Waals surface area contributed by atoms with Crippen molar-refractivity contribution in [2.24, 2.45) is 0 Å². The molecule has 0 bridgehead atoms. The van der Waals surface area contributed by atoms with Gasteiger partial charge in [0.2, 0.25) is 5.91 Å². The lowest BCUT2D eigenvalue weighted by molar-refractivity contribution is -0.122. The molecule has 1 spiro atoms. The molecular weight excluding hydrogens is 328 g/mol. The van der Waals surface area contributed by atoms with Gasteiger partial charge < -0.3 is 14.8 Å². The van der Waals surface area contributed by atoms with E-state index in [0.29, 0.717) is 13.2 Å². The number of para-hydroxylation sites is 1. The summed E-state index contributed by atoms with van der Waals surface area (Å²) in [7, 11) is 0. The highest BCUT2D eigenvalue weighted by Gasteiger charge is 2.48. The fourth-order valence-corrected chi connectivity index (χ4v) is 4.41. The van der Waals surface area contributed by atoms with Gasteiger partial charge >= 0.3 is 0 Å². The van der Waals surface area contributed by atoms with E-state index < -0.39 is 0 Å². The van der Waals surface area contributed by atoms with Gasteiger partial charge in [0.25, 0.3) is 0 Å². The highest BCUT2D eigenvalue weighted by molar-refractivity contribution is 6.06. The number of amides is 1. The van der Waals surface area contributed by atoms with Crippen LogP contribution >= 0.6 is 0 Å². The van der Waals surface area contributed by atoms with Gasteiger partial charge in [-0.2, -0.15) is 0 Å². The Kier molecular flexibility index (Phi) is 3.64. The van der Waals surface area contributed by atoms with Crippen molar-refractivity contribution in [3.8, 4) is 11.5 Å². The minimum atomic E-state index is -0.347. The summed E-state index contributed by atoms with van der Waals surface area (Å²) < 4.78 is 11.3. The molecule has 0 atom stereocenters. The van der Waals surface area contributed by atoms with Gasteiger partial charge in [0.1, 0.15) is 13.2 Å². The Morgan fingerprint density at radius 3 is 2.62 bits per heavy atom. The van der Waals surface area contributed by atoms with E-state index >= 15 is 0 Å². The molecule has 0 saturated carbocycles. The maximum Gasteiger partial charge on any atom is 0.235 e. The molecule has 5 heteroatoms. The van der Waals surface area contributed by atoms with E-state index in [-0.39, 0.29) is 11.3 Å². The molecule has 5 nitrogen and oxygen atoms in total. The number of piperidine rings is 1. The maximum atomic E-state index is 12.7. The molecule has 0 unspecified atom stereocenters.